The molecule has 2 heteroatoms. The van der Waals surface area contributed by atoms with Crippen molar-refractivity contribution in [2.45, 2.75) is 18.4 Å². The predicted molar refractivity (Wildman–Crippen MR) is 75.1 cm³/mol. The van der Waals surface area contributed by atoms with E-state index in [1.165, 1.54) is 24.1 Å². The minimum atomic E-state index is 0.158. The summed E-state index contributed by atoms with van der Waals surface area (Å²) >= 11 is 3.59. The summed E-state index contributed by atoms with van der Waals surface area (Å²) in [5.41, 5.74) is 2.72. The molecule has 0 saturated heterocycles. The zero-order valence-corrected chi connectivity index (χ0v) is 11.1. The van der Waals surface area contributed by atoms with Gasteiger partial charge in [0.15, 0.2) is 0 Å². The van der Waals surface area contributed by atoms with E-state index in [9.17, 15) is 0 Å². The summed E-state index contributed by atoms with van der Waals surface area (Å²) in [4.78, 5) is 0. The molecule has 17 heavy (non-hydrogen) atoms. The van der Waals surface area contributed by atoms with E-state index >= 15 is 0 Å². The van der Waals surface area contributed by atoms with Crippen molar-refractivity contribution in [1.82, 2.24) is 0 Å². The molecule has 0 aromatic heterocycles. The second-order valence-electron chi connectivity index (χ2n) is 4.55. The Morgan fingerprint density at radius 3 is 2.18 bits per heavy atom. The highest BCUT2D eigenvalue weighted by molar-refractivity contribution is 9.10. The molecule has 1 aliphatic carbocycles. The van der Waals surface area contributed by atoms with Crippen molar-refractivity contribution in [3.8, 4) is 0 Å². The Labute approximate surface area is 110 Å². The van der Waals surface area contributed by atoms with Gasteiger partial charge < -0.3 is 5.32 Å². The molecule has 0 aliphatic heterocycles. The van der Waals surface area contributed by atoms with Crippen LogP contribution in [0, 0.1) is 0 Å². The van der Waals surface area contributed by atoms with Gasteiger partial charge in [-0.1, -0.05) is 42.5 Å². The predicted octanol–water partition coefficient (Wildman–Crippen LogP) is 4.55. The molecule has 0 bridgehead atoms. The SMILES string of the molecule is Brc1ccccc1NC1(c2ccccc2)CC1. The number of anilines is 1. The van der Waals surface area contributed by atoms with Crippen LogP contribution in [0.5, 0.6) is 0 Å². The van der Waals surface area contributed by atoms with Gasteiger partial charge in [-0.05, 0) is 46.5 Å². The Bertz CT molecular complexity index is 517. The lowest BCUT2D eigenvalue weighted by Gasteiger charge is -2.20. The molecule has 0 amide bonds. The van der Waals surface area contributed by atoms with E-state index in [0.29, 0.717) is 0 Å². The minimum absolute atomic E-state index is 0.158. The lowest BCUT2D eigenvalue weighted by Crippen LogP contribution is -2.18. The third-order valence-corrected chi connectivity index (χ3v) is 4.02. The van der Waals surface area contributed by atoms with Crippen LogP contribution in [0.15, 0.2) is 59.1 Å². The van der Waals surface area contributed by atoms with Crippen molar-refractivity contribution >= 4 is 21.6 Å². The fourth-order valence-electron chi connectivity index (χ4n) is 2.19. The van der Waals surface area contributed by atoms with E-state index in [0.717, 1.165) is 4.47 Å². The van der Waals surface area contributed by atoms with Crippen molar-refractivity contribution in [3.05, 3.63) is 64.6 Å². The molecule has 0 heterocycles. The van der Waals surface area contributed by atoms with Crippen LogP contribution >= 0.6 is 15.9 Å². The van der Waals surface area contributed by atoms with Crippen LogP contribution in [-0.4, -0.2) is 0 Å². The topological polar surface area (TPSA) is 12.0 Å². The standard InChI is InChI=1S/C15H14BrN/c16-13-8-4-5-9-14(13)17-15(10-11-15)12-6-2-1-3-7-12/h1-9,17H,10-11H2. The van der Waals surface area contributed by atoms with Crippen molar-refractivity contribution in [1.29, 1.82) is 0 Å². The van der Waals surface area contributed by atoms with Gasteiger partial charge in [0.2, 0.25) is 0 Å². The van der Waals surface area contributed by atoms with Crippen molar-refractivity contribution in [2.75, 3.05) is 5.32 Å². The van der Waals surface area contributed by atoms with Crippen LogP contribution in [0.25, 0.3) is 0 Å². The molecule has 1 fully saturated rings. The summed E-state index contributed by atoms with van der Waals surface area (Å²) in [6.45, 7) is 0. The van der Waals surface area contributed by atoms with E-state index in [2.05, 4.69) is 69.8 Å². The van der Waals surface area contributed by atoms with Crippen LogP contribution in [0.4, 0.5) is 5.69 Å². The Kier molecular flexibility index (Phi) is 2.67. The number of hydrogen-bond acceptors (Lipinski definition) is 1. The van der Waals surface area contributed by atoms with Crippen molar-refractivity contribution in [3.63, 3.8) is 0 Å². The maximum Gasteiger partial charge on any atom is 0.0627 e. The van der Waals surface area contributed by atoms with E-state index < -0.39 is 0 Å². The van der Waals surface area contributed by atoms with E-state index in [1.54, 1.807) is 0 Å². The summed E-state index contributed by atoms with van der Waals surface area (Å²) in [6, 6.07) is 19.0. The van der Waals surface area contributed by atoms with Gasteiger partial charge in [-0.25, -0.2) is 0 Å². The van der Waals surface area contributed by atoms with Gasteiger partial charge in [-0.3, -0.25) is 0 Å². The number of benzene rings is 2. The monoisotopic (exact) mass is 287 g/mol. The first-order valence-corrected chi connectivity index (χ1v) is 6.68. The van der Waals surface area contributed by atoms with Crippen molar-refractivity contribution in [2.24, 2.45) is 0 Å². The number of halogens is 1. The van der Waals surface area contributed by atoms with Crippen LogP contribution in [-0.2, 0) is 5.54 Å². The molecule has 0 atom stereocenters. The van der Waals surface area contributed by atoms with Gasteiger partial charge in [0, 0.05) is 10.2 Å². The highest BCUT2D eigenvalue weighted by Crippen LogP contribution is 2.48. The molecule has 0 spiro atoms. The smallest absolute Gasteiger partial charge is 0.0627 e. The van der Waals surface area contributed by atoms with Crippen molar-refractivity contribution < 1.29 is 0 Å². The number of rotatable bonds is 3. The molecule has 1 aliphatic rings. The molecule has 3 rings (SSSR count). The molecular weight excluding hydrogens is 274 g/mol. The fraction of sp³-hybridized carbons (Fsp3) is 0.200. The average Bonchev–Trinajstić information content (AvgIpc) is 3.15. The molecular formula is C15H14BrN. The summed E-state index contributed by atoms with van der Waals surface area (Å²) < 4.78 is 1.13. The number of para-hydroxylation sites is 1. The van der Waals surface area contributed by atoms with Gasteiger partial charge in [-0.2, -0.15) is 0 Å². The van der Waals surface area contributed by atoms with E-state index in [1.807, 2.05) is 6.07 Å². The second-order valence-corrected chi connectivity index (χ2v) is 5.41. The lowest BCUT2D eigenvalue weighted by atomic mass is 10.0. The zero-order valence-electron chi connectivity index (χ0n) is 9.49. The molecule has 86 valence electrons. The molecule has 1 nitrogen and oxygen atoms in total. The fourth-order valence-corrected chi connectivity index (χ4v) is 2.57. The summed E-state index contributed by atoms with van der Waals surface area (Å²) in [7, 11) is 0. The first kappa shape index (κ1) is 10.8. The maximum absolute atomic E-state index is 3.67. The first-order valence-electron chi connectivity index (χ1n) is 5.88. The Balaban J connectivity index is 1.89. The summed E-state index contributed by atoms with van der Waals surface area (Å²) in [5, 5.41) is 3.67. The van der Waals surface area contributed by atoms with Gasteiger partial charge in [0.05, 0.1) is 5.54 Å². The summed E-state index contributed by atoms with van der Waals surface area (Å²) in [6.07, 6.45) is 2.41. The second kappa shape index (κ2) is 4.19. The van der Waals surface area contributed by atoms with Crippen LogP contribution in [0.1, 0.15) is 18.4 Å². The third-order valence-electron chi connectivity index (χ3n) is 3.32. The molecule has 2 aromatic carbocycles. The third kappa shape index (κ3) is 2.09. The van der Waals surface area contributed by atoms with Gasteiger partial charge >= 0.3 is 0 Å². The van der Waals surface area contributed by atoms with Crippen LogP contribution < -0.4 is 5.32 Å². The van der Waals surface area contributed by atoms with E-state index in [-0.39, 0.29) is 5.54 Å². The van der Waals surface area contributed by atoms with E-state index in [4.69, 9.17) is 0 Å². The van der Waals surface area contributed by atoms with Gasteiger partial charge in [-0.15, -0.1) is 0 Å². The largest absolute Gasteiger partial charge is 0.375 e. The minimum Gasteiger partial charge on any atom is -0.375 e. The highest BCUT2D eigenvalue weighted by Gasteiger charge is 2.44. The summed E-state index contributed by atoms with van der Waals surface area (Å²) in [5.74, 6) is 0. The first-order chi connectivity index (χ1) is 8.30. The molecule has 2 aromatic rings. The Morgan fingerprint density at radius 1 is 0.882 bits per heavy atom. The quantitative estimate of drug-likeness (QED) is 0.873. The molecule has 1 saturated carbocycles. The van der Waals surface area contributed by atoms with Gasteiger partial charge in [0.25, 0.3) is 0 Å². The highest BCUT2D eigenvalue weighted by atomic mass is 79.9. The maximum atomic E-state index is 3.67. The molecule has 0 unspecified atom stereocenters. The lowest BCUT2D eigenvalue weighted by molar-refractivity contribution is 0.807. The number of hydrogen-bond donors (Lipinski definition) is 1. The normalized spacial score (nSPS) is 16.5. The van der Waals surface area contributed by atoms with Crippen LogP contribution in [0.2, 0.25) is 0 Å². The average molecular weight is 288 g/mol. The molecule has 0 radical (unpaired) electrons. The molecule has 1 N–H and O–H groups in total. The van der Waals surface area contributed by atoms with Gasteiger partial charge in [0.1, 0.15) is 0 Å². The number of nitrogens with one attached hydrogen (secondary N) is 1. The Morgan fingerprint density at radius 2 is 1.53 bits per heavy atom. The Hall–Kier alpha value is -1.28. The van der Waals surface area contributed by atoms with Crippen LogP contribution in [0.3, 0.4) is 0 Å². The zero-order chi connectivity index (χ0) is 11.7.